The number of thiazole rings is 1. The first-order valence-electron chi connectivity index (χ1n) is 7.63. The van der Waals surface area contributed by atoms with E-state index in [0.717, 1.165) is 33.3 Å². The number of aryl methyl sites for hydroxylation is 2. The van der Waals surface area contributed by atoms with Gasteiger partial charge in [0.15, 0.2) is 4.96 Å². The smallest absolute Gasteiger partial charge is 0.258 e. The van der Waals surface area contributed by atoms with Crippen molar-refractivity contribution in [2.45, 2.75) is 13.8 Å². The quantitative estimate of drug-likeness (QED) is 0.671. The first kappa shape index (κ1) is 15.0. The molecule has 0 bridgehead atoms. The molecule has 2 aromatic heterocycles. The van der Waals surface area contributed by atoms with Crippen LogP contribution in [0.4, 0.5) is 5.69 Å². The summed E-state index contributed by atoms with van der Waals surface area (Å²) in [5.41, 5.74) is 4.32. The van der Waals surface area contributed by atoms with Gasteiger partial charge in [0.25, 0.3) is 5.91 Å². The Labute approximate surface area is 143 Å². The molecule has 0 radical (unpaired) electrons. The van der Waals surface area contributed by atoms with Gasteiger partial charge in [0.2, 0.25) is 0 Å². The van der Waals surface area contributed by atoms with Crippen LogP contribution < -0.4 is 9.64 Å². The molecule has 1 aliphatic rings. The number of anilines is 1. The summed E-state index contributed by atoms with van der Waals surface area (Å²) in [5.74, 6) is 0.726. The Morgan fingerprint density at radius 3 is 2.83 bits per heavy atom. The Balaban J connectivity index is 1.94. The van der Waals surface area contributed by atoms with E-state index in [1.165, 1.54) is 4.88 Å². The number of carbonyl (C=O) groups is 1. The van der Waals surface area contributed by atoms with Crippen molar-refractivity contribution in [1.29, 1.82) is 0 Å². The van der Waals surface area contributed by atoms with Crippen molar-refractivity contribution in [3.63, 3.8) is 0 Å². The predicted octanol–water partition coefficient (Wildman–Crippen LogP) is 3.54. The molecule has 0 saturated carbocycles. The van der Waals surface area contributed by atoms with Crippen LogP contribution in [0, 0.1) is 13.8 Å². The van der Waals surface area contributed by atoms with Gasteiger partial charge in [-0.3, -0.25) is 9.20 Å². The maximum Gasteiger partial charge on any atom is 0.258 e. The van der Waals surface area contributed by atoms with Gasteiger partial charge in [-0.05, 0) is 38.1 Å². The fraction of sp³-hybridized carbons (Fsp3) is 0.222. The van der Waals surface area contributed by atoms with Gasteiger partial charge in [0.1, 0.15) is 5.75 Å². The lowest BCUT2D eigenvalue weighted by Gasteiger charge is -2.09. The summed E-state index contributed by atoms with van der Waals surface area (Å²) in [6.07, 6.45) is 3.99. The second-order valence-corrected chi connectivity index (χ2v) is 7.10. The predicted molar refractivity (Wildman–Crippen MR) is 96.8 cm³/mol. The zero-order valence-electron chi connectivity index (χ0n) is 14.0. The molecule has 0 unspecified atom stereocenters. The van der Waals surface area contributed by atoms with Gasteiger partial charge < -0.3 is 9.64 Å². The van der Waals surface area contributed by atoms with E-state index in [1.54, 1.807) is 30.4 Å². The first-order valence-corrected chi connectivity index (χ1v) is 8.44. The van der Waals surface area contributed by atoms with Crippen molar-refractivity contribution < 1.29 is 9.53 Å². The number of aromatic nitrogens is 2. The van der Waals surface area contributed by atoms with E-state index in [0.29, 0.717) is 5.57 Å². The van der Waals surface area contributed by atoms with Crippen LogP contribution in [0.2, 0.25) is 0 Å². The minimum absolute atomic E-state index is 0.0143. The largest absolute Gasteiger partial charge is 0.497 e. The normalized spacial score (nSPS) is 15.6. The molecule has 5 nitrogen and oxygen atoms in total. The van der Waals surface area contributed by atoms with E-state index in [-0.39, 0.29) is 5.91 Å². The van der Waals surface area contributed by atoms with Crippen LogP contribution in [0.15, 0.2) is 24.4 Å². The number of hydrogen-bond donors (Lipinski definition) is 0. The fourth-order valence-electron chi connectivity index (χ4n) is 3.09. The standard InChI is InChI=1S/C18H17N3O2S/c1-10-9-21-16(11(2)19-18(21)24-10)8-14-13-7-12(23-4)5-6-15(13)20(3)17(14)22/h5-9H,1-4H3/b14-8-. The van der Waals surface area contributed by atoms with Gasteiger partial charge in [-0.25, -0.2) is 4.98 Å². The second-order valence-electron chi connectivity index (χ2n) is 5.88. The van der Waals surface area contributed by atoms with Crippen LogP contribution >= 0.6 is 11.3 Å². The molecule has 3 aromatic rings. The van der Waals surface area contributed by atoms with Gasteiger partial charge >= 0.3 is 0 Å². The van der Waals surface area contributed by atoms with Gasteiger partial charge in [-0.15, -0.1) is 11.3 Å². The summed E-state index contributed by atoms with van der Waals surface area (Å²) in [5, 5.41) is 0. The van der Waals surface area contributed by atoms with Crippen molar-refractivity contribution >= 4 is 39.5 Å². The monoisotopic (exact) mass is 339 g/mol. The summed E-state index contributed by atoms with van der Waals surface area (Å²) in [4.78, 5) is 21.1. The fourth-order valence-corrected chi connectivity index (χ4v) is 3.96. The molecule has 0 atom stereocenters. The number of hydrogen-bond acceptors (Lipinski definition) is 4. The molecule has 3 heterocycles. The number of rotatable bonds is 2. The summed E-state index contributed by atoms with van der Waals surface area (Å²) in [7, 11) is 3.42. The van der Waals surface area contributed by atoms with E-state index >= 15 is 0 Å². The van der Waals surface area contributed by atoms with Gasteiger partial charge in [-0.1, -0.05) is 0 Å². The third-order valence-corrected chi connectivity index (χ3v) is 5.23. The van der Waals surface area contributed by atoms with E-state index in [9.17, 15) is 4.79 Å². The number of carbonyl (C=O) groups excluding carboxylic acids is 1. The molecule has 6 heteroatoms. The molecule has 1 aliphatic heterocycles. The van der Waals surface area contributed by atoms with Gasteiger partial charge in [0.05, 0.1) is 29.8 Å². The molecule has 1 amide bonds. The van der Waals surface area contributed by atoms with Crippen molar-refractivity contribution in [3.05, 3.63) is 46.2 Å². The van der Waals surface area contributed by atoms with Crippen LogP contribution in [-0.4, -0.2) is 29.4 Å². The van der Waals surface area contributed by atoms with Crippen LogP contribution in [-0.2, 0) is 4.79 Å². The van der Waals surface area contributed by atoms with Crippen LogP contribution in [0.25, 0.3) is 16.6 Å². The highest BCUT2D eigenvalue weighted by atomic mass is 32.1. The Morgan fingerprint density at radius 1 is 1.29 bits per heavy atom. The Morgan fingerprint density at radius 2 is 2.08 bits per heavy atom. The number of likely N-dealkylation sites (N-methyl/N-ethyl adjacent to an activating group) is 1. The van der Waals surface area contributed by atoms with Crippen LogP contribution in [0.1, 0.15) is 21.8 Å². The molecule has 1 aromatic carbocycles. The number of amides is 1. The van der Waals surface area contributed by atoms with E-state index < -0.39 is 0 Å². The van der Waals surface area contributed by atoms with E-state index in [1.807, 2.05) is 35.6 Å². The molecule has 0 spiro atoms. The SMILES string of the molecule is COc1ccc2c(c1)/C(=C/c1c(C)nc3sc(C)cn13)C(=O)N2C. The lowest BCUT2D eigenvalue weighted by atomic mass is 10.1. The molecule has 4 rings (SSSR count). The molecular weight excluding hydrogens is 322 g/mol. The molecule has 0 fully saturated rings. The van der Waals surface area contributed by atoms with Crippen LogP contribution in [0.3, 0.4) is 0 Å². The molecule has 122 valence electrons. The second kappa shape index (κ2) is 5.21. The van der Waals surface area contributed by atoms with Gasteiger partial charge in [-0.2, -0.15) is 0 Å². The Kier molecular flexibility index (Phi) is 3.25. The lowest BCUT2D eigenvalue weighted by Crippen LogP contribution is -2.20. The number of imidazole rings is 1. The molecule has 0 N–H and O–H groups in total. The maximum absolute atomic E-state index is 12.7. The number of methoxy groups -OCH3 is 1. The number of fused-ring (bicyclic) bond motifs is 2. The minimum atomic E-state index is -0.0143. The Hall–Kier alpha value is -2.60. The maximum atomic E-state index is 12.7. The first-order chi connectivity index (χ1) is 11.5. The van der Waals surface area contributed by atoms with E-state index in [2.05, 4.69) is 18.1 Å². The minimum Gasteiger partial charge on any atom is -0.497 e. The lowest BCUT2D eigenvalue weighted by molar-refractivity contribution is -0.112. The molecule has 0 saturated heterocycles. The number of benzene rings is 1. The molecular formula is C18H17N3O2S. The highest BCUT2D eigenvalue weighted by molar-refractivity contribution is 7.17. The average molecular weight is 339 g/mol. The number of nitrogens with zero attached hydrogens (tertiary/aromatic N) is 3. The van der Waals surface area contributed by atoms with Crippen molar-refractivity contribution in [1.82, 2.24) is 9.38 Å². The summed E-state index contributed by atoms with van der Waals surface area (Å²) < 4.78 is 7.37. The van der Waals surface area contributed by atoms with Crippen molar-refractivity contribution in [2.75, 3.05) is 19.1 Å². The zero-order chi connectivity index (χ0) is 17.0. The topological polar surface area (TPSA) is 46.8 Å². The highest BCUT2D eigenvalue weighted by Gasteiger charge is 2.30. The Bertz CT molecular complexity index is 1010. The summed E-state index contributed by atoms with van der Waals surface area (Å²) >= 11 is 1.65. The summed E-state index contributed by atoms with van der Waals surface area (Å²) in [6, 6.07) is 5.70. The van der Waals surface area contributed by atoms with Gasteiger partial charge in [0, 0.05) is 23.7 Å². The number of ether oxygens (including phenoxy) is 1. The summed E-state index contributed by atoms with van der Waals surface area (Å²) in [6.45, 7) is 4.03. The van der Waals surface area contributed by atoms with E-state index in [4.69, 9.17) is 4.74 Å². The third kappa shape index (κ3) is 2.06. The third-order valence-electron chi connectivity index (χ3n) is 4.33. The van der Waals surface area contributed by atoms with Crippen molar-refractivity contribution in [2.24, 2.45) is 0 Å². The highest BCUT2D eigenvalue weighted by Crippen LogP contribution is 2.39. The van der Waals surface area contributed by atoms with Crippen LogP contribution in [0.5, 0.6) is 5.75 Å². The zero-order valence-corrected chi connectivity index (χ0v) is 14.8. The molecule has 0 aliphatic carbocycles. The van der Waals surface area contributed by atoms with Crippen molar-refractivity contribution in [3.8, 4) is 5.75 Å². The average Bonchev–Trinajstić information content (AvgIpc) is 3.13. The molecule has 24 heavy (non-hydrogen) atoms.